The second-order valence-electron chi connectivity index (χ2n) is 4.82. The van der Waals surface area contributed by atoms with Crippen LogP contribution in [0.1, 0.15) is 43.5 Å². The van der Waals surface area contributed by atoms with Crippen molar-refractivity contribution < 1.29 is 14.3 Å². The molecule has 1 aromatic rings. The summed E-state index contributed by atoms with van der Waals surface area (Å²) in [6, 6.07) is 3.26. The van der Waals surface area contributed by atoms with Gasteiger partial charge in [0.15, 0.2) is 0 Å². The van der Waals surface area contributed by atoms with Gasteiger partial charge in [-0.3, -0.25) is 4.90 Å². The van der Waals surface area contributed by atoms with E-state index in [1.165, 1.54) is 6.07 Å². The van der Waals surface area contributed by atoms with Gasteiger partial charge in [0.05, 0.1) is 6.54 Å². The first-order chi connectivity index (χ1) is 9.60. The van der Waals surface area contributed by atoms with Crippen molar-refractivity contribution in [2.45, 2.75) is 33.7 Å². The first-order valence-corrected chi connectivity index (χ1v) is 7.37. The van der Waals surface area contributed by atoms with Gasteiger partial charge in [0.1, 0.15) is 5.76 Å². The van der Waals surface area contributed by atoms with Crippen molar-refractivity contribution in [1.82, 2.24) is 9.80 Å². The fraction of sp³-hybridized carbons (Fsp3) is 0.667. The highest BCUT2D eigenvalue weighted by atomic mass is 16.4. The molecule has 0 saturated carbocycles. The molecule has 0 amide bonds. The topological polar surface area (TPSA) is 56.9 Å². The minimum atomic E-state index is -1.01. The highest BCUT2D eigenvalue weighted by molar-refractivity contribution is 5.84. The summed E-state index contributed by atoms with van der Waals surface area (Å²) in [7, 11) is 0. The van der Waals surface area contributed by atoms with Crippen LogP contribution in [0.25, 0.3) is 0 Å². The van der Waals surface area contributed by atoms with Gasteiger partial charge in [-0.1, -0.05) is 20.8 Å². The molecule has 20 heavy (non-hydrogen) atoms. The maximum atomic E-state index is 10.8. The number of nitrogens with zero attached hydrogens (tertiary/aromatic N) is 2. The fourth-order valence-electron chi connectivity index (χ4n) is 2.20. The Hall–Kier alpha value is -1.33. The zero-order chi connectivity index (χ0) is 15.0. The molecule has 114 valence electrons. The first-order valence-electron chi connectivity index (χ1n) is 7.37. The van der Waals surface area contributed by atoms with Crippen molar-refractivity contribution >= 4 is 5.97 Å². The highest BCUT2D eigenvalue weighted by Gasteiger charge is 2.11. The Morgan fingerprint density at radius 3 is 2.20 bits per heavy atom. The van der Waals surface area contributed by atoms with Gasteiger partial charge in [0.2, 0.25) is 5.76 Å². The normalized spacial score (nSPS) is 11.4. The number of hydrogen-bond acceptors (Lipinski definition) is 4. The molecule has 1 rings (SSSR count). The lowest BCUT2D eigenvalue weighted by Crippen LogP contribution is -2.29. The van der Waals surface area contributed by atoms with Crippen molar-refractivity contribution in [2.24, 2.45) is 0 Å². The van der Waals surface area contributed by atoms with Gasteiger partial charge in [0, 0.05) is 0 Å². The molecule has 0 aliphatic carbocycles. The number of carboxylic acid groups (broad SMARTS) is 1. The number of rotatable bonds is 10. The summed E-state index contributed by atoms with van der Waals surface area (Å²) in [6.07, 6.45) is 1.11. The minimum absolute atomic E-state index is 0.0131. The van der Waals surface area contributed by atoms with Gasteiger partial charge in [-0.05, 0) is 51.3 Å². The standard InChI is InChI=1S/C15H26N2O3/c1-4-16(5-2)10-7-11-17(6-3)12-13-8-9-14(20-13)15(18)19/h8-9H,4-7,10-12H2,1-3H3,(H,18,19). The zero-order valence-corrected chi connectivity index (χ0v) is 12.8. The van der Waals surface area contributed by atoms with E-state index in [0.29, 0.717) is 12.3 Å². The third-order valence-electron chi connectivity index (χ3n) is 3.54. The van der Waals surface area contributed by atoms with Crippen LogP contribution >= 0.6 is 0 Å². The molecule has 0 unspecified atom stereocenters. The quantitative estimate of drug-likeness (QED) is 0.714. The summed E-state index contributed by atoms with van der Waals surface area (Å²) in [6.45, 7) is 12.3. The van der Waals surface area contributed by atoms with Gasteiger partial charge in [-0.15, -0.1) is 0 Å². The molecule has 1 aromatic heterocycles. The zero-order valence-electron chi connectivity index (χ0n) is 12.8. The maximum absolute atomic E-state index is 10.8. The van der Waals surface area contributed by atoms with Crippen LogP contribution in [0, 0.1) is 0 Å². The van der Waals surface area contributed by atoms with E-state index in [9.17, 15) is 4.79 Å². The van der Waals surface area contributed by atoms with Gasteiger partial charge in [-0.2, -0.15) is 0 Å². The van der Waals surface area contributed by atoms with Crippen LogP contribution in [0.15, 0.2) is 16.5 Å². The van der Waals surface area contributed by atoms with E-state index in [1.54, 1.807) is 6.07 Å². The SMILES string of the molecule is CCN(CC)CCCN(CC)Cc1ccc(C(=O)O)o1. The van der Waals surface area contributed by atoms with E-state index >= 15 is 0 Å². The Labute approximate surface area is 121 Å². The predicted molar refractivity (Wildman–Crippen MR) is 79.0 cm³/mol. The lowest BCUT2D eigenvalue weighted by molar-refractivity contribution is 0.0658. The molecular formula is C15H26N2O3. The predicted octanol–water partition coefficient (Wildman–Crippen LogP) is 2.53. The average molecular weight is 282 g/mol. The second kappa shape index (κ2) is 8.76. The van der Waals surface area contributed by atoms with Crippen LogP contribution in [-0.4, -0.2) is 53.6 Å². The molecule has 0 radical (unpaired) electrons. The fourth-order valence-corrected chi connectivity index (χ4v) is 2.20. The van der Waals surface area contributed by atoms with E-state index in [4.69, 9.17) is 9.52 Å². The number of carboxylic acids is 1. The monoisotopic (exact) mass is 282 g/mol. The molecule has 0 bridgehead atoms. The van der Waals surface area contributed by atoms with Crippen LogP contribution in [0.2, 0.25) is 0 Å². The van der Waals surface area contributed by atoms with Crippen LogP contribution in [-0.2, 0) is 6.54 Å². The van der Waals surface area contributed by atoms with E-state index in [-0.39, 0.29) is 5.76 Å². The molecule has 1 heterocycles. The Bertz CT molecular complexity index is 400. The van der Waals surface area contributed by atoms with Crippen molar-refractivity contribution in [3.05, 3.63) is 23.7 Å². The van der Waals surface area contributed by atoms with Crippen molar-refractivity contribution in [3.8, 4) is 0 Å². The number of aromatic carboxylic acids is 1. The second-order valence-corrected chi connectivity index (χ2v) is 4.82. The van der Waals surface area contributed by atoms with Gasteiger partial charge in [-0.25, -0.2) is 4.79 Å². The summed E-state index contributed by atoms with van der Waals surface area (Å²) in [5.74, 6) is -0.285. The molecule has 1 N–H and O–H groups in total. The van der Waals surface area contributed by atoms with Gasteiger partial charge < -0.3 is 14.4 Å². The molecule has 0 atom stereocenters. The largest absolute Gasteiger partial charge is 0.475 e. The molecule has 0 aromatic carbocycles. The van der Waals surface area contributed by atoms with Crippen LogP contribution in [0.4, 0.5) is 0 Å². The maximum Gasteiger partial charge on any atom is 0.371 e. The summed E-state index contributed by atoms with van der Waals surface area (Å²) in [5.41, 5.74) is 0. The highest BCUT2D eigenvalue weighted by Crippen LogP contribution is 2.11. The third-order valence-corrected chi connectivity index (χ3v) is 3.54. The molecule has 0 aliphatic rings. The molecule has 5 nitrogen and oxygen atoms in total. The molecule has 0 fully saturated rings. The van der Waals surface area contributed by atoms with Crippen LogP contribution < -0.4 is 0 Å². The summed E-state index contributed by atoms with van der Waals surface area (Å²) < 4.78 is 5.30. The summed E-state index contributed by atoms with van der Waals surface area (Å²) in [5, 5.41) is 8.83. The number of carbonyl (C=O) groups is 1. The lowest BCUT2D eigenvalue weighted by Gasteiger charge is -2.22. The van der Waals surface area contributed by atoms with Crippen LogP contribution in [0.3, 0.4) is 0 Å². The van der Waals surface area contributed by atoms with E-state index in [2.05, 4.69) is 30.6 Å². The molecule has 5 heteroatoms. The first kappa shape index (κ1) is 16.7. The van der Waals surface area contributed by atoms with E-state index < -0.39 is 5.97 Å². The molecule has 0 spiro atoms. The summed E-state index contributed by atoms with van der Waals surface area (Å²) >= 11 is 0. The minimum Gasteiger partial charge on any atom is -0.475 e. The molecular weight excluding hydrogens is 256 g/mol. The summed E-state index contributed by atoms with van der Waals surface area (Å²) in [4.78, 5) is 15.4. The van der Waals surface area contributed by atoms with E-state index in [1.807, 2.05) is 0 Å². The van der Waals surface area contributed by atoms with Gasteiger partial charge in [0.25, 0.3) is 0 Å². The Balaban J connectivity index is 2.40. The van der Waals surface area contributed by atoms with Gasteiger partial charge >= 0.3 is 5.97 Å². The molecule has 0 aliphatic heterocycles. The lowest BCUT2D eigenvalue weighted by atomic mass is 10.3. The van der Waals surface area contributed by atoms with Crippen molar-refractivity contribution in [3.63, 3.8) is 0 Å². The number of furan rings is 1. The Morgan fingerprint density at radius 1 is 1.10 bits per heavy atom. The smallest absolute Gasteiger partial charge is 0.371 e. The average Bonchev–Trinajstić information content (AvgIpc) is 2.91. The molecule has 0 saturated heterocycles. The van der Waals surface area contributed by atoms with Crippen molar-refractivity contribution in [2.75, 3.05) is 32.7 Å². The Kier molecular flexibility index (Phi) is 7.33. The van der Waals surface area contributed by atoms with E-state index in [0.717, 1.165) is 39.1 Å². The van der Waals surface area contributed by atoms with Crippen LogP contribution in [0.5, 0.6) is 0 Å². The number of hydrogen-bond donors (Lipinski definition) is 1. The van der Waals surface area contributed by atoms with Crippen molar-refractivity contribution in [1.29, 1.82) is 0 Å². The Morgan fingerprint density at radius 2 is 1.70 bits per heavy atom. The third kappa shape index (κ3) is 5.35.